The highest BCUT2D eigenvalue weighted by Gasteiger charge is 2.48. The summed E-state index contributed by atoms with van der Waals surface area (Å²) >= 11 is 0. The molecule has 0 amide bonds. The molecule has 0 N–H and O–H groups in total. The molecule has 126 valence electrons. The zero-order valence-electron chi connectivity index (χ0n) is 12.1. The summed E-state index contributed by atoms with van der Waals surface area (Å²) in [5.41, 5.74) is -5.44. The van der Waals surface area contributed by atoms with Gasteiger partial charge in [0.15, 0.2) is 11.6 Å². The van der Waals surface area contributed by atoms with Crippen molar-refractivity contribution in [2.24, 2.45) is 0 Å². The van der Waals surface area contributed by atoms with Crippen molar-refractivity contribution in [1.82, 2.24) is 0 Å². The molecular weight excluding hydrogens is 324 g/mol. The van der Waals surface area contributed by atoms with Crippen molar-refractivity contribution < 1.29 is 30.2 Å². The summed E-state index contributed by atoms with van der Waals surface area (Å²) in [6.45, 7) is 2.06. The first-order valence-electron chi connectivity index (χ1n) is 6.97. The van der Waals surface area contributed by atoms with E-state index in [1.807, 2.05) is 0 Å². The third-order valence-electron chi connectivity index (χ3n) is 3.08. The second kappa shape index (κ2) is 7.80. The predicted molar refractivity (Wildman–Crippen MR) is 74.5 cm³/mol. The Kier molecular flexibility index (Phi) is 6.65. The summed E-state index contributed by atoms with van der Waals surface area (Å²) in [6, 6.07) is 3.53. The number of hydrogen-bond acceptors (Lipinski definition) is 3. The average Bonchev–Trinajstić information content (AvgIpc) is 2.41. The highest BCUT2D eigenvalue weighted by Crippen LogP contribution is 2.29. The third kappa shape index (κ3) is 5.15. The van der Waals surface area contributed by atoms with E-state index in [9.17, 15) is 26.0 Å². The molecule has 0 heterocycles. The lowest BCUT2D eigenvalue weighted by Crippen LogP contribution is -2.28. The van der Waals surface area contributed by atoms with Gasteiger partial charge in [-0.05, 0) is 24.5 Å². The fourth-order valence-corrected chi connectivity index (χ4v) is 2.36. The van der Waals surface area contributed by atoms with Crippen LogP contribution < -0.4 is 4.18 Å². The van der Waals surface area contributed by atoms with Crippen molar-refractivity contribution in [3.8, 4) is 5.75 Å². The number of benzene rings is 1. The Morgan fingerprint density at radius 3 is 2.32 bits per heavy atom. The smallest absolute Gasteiger partial charge is 0.373 e. The Bertz CT molecular complexity index is 582. The molecule has 0 saturated heterocycles. The van der Waals surface area contributed by atoms with Crippen LogP contribution in [-0.4, -0.2) is 13.9 Å². The zero-order valence-corrected chi connectivity index (χ0v) is 12.9. The van der Waals surface area contributed by atoms with E-state index in [-0.39, 0.29) is 5.56 Å². The van der Waals surface area contributed by atoms with E-state index in [4.69, 9.17) is 0 Å². The molecule has 3 nitrogen and oxygen atoms in total. The van der Waals surface area contributed by atoms with Gasteiger partial charge in [-0.25, -0.2) is 4.39 Å². The van der Waals surface area contributed by atoms with E-state index in [1.165, 1.54) is 12.1 Å². The van der Waals surface area contributed by atoms with E-state index in [0.717, 1.165) is 31.7 Å². The number of hydrogen-bond donors (Lipinski definition) is 0. The van der Waals surface area contributed by atoms with E-state index in [0.29, 0.717) is 12.8 Å². The Morgan fingerprint density at radius 1 is 1.09 bits per heavy atom. The first-order chi connectivity index (χ1) is 10.2. The van der Waals surface area contributed by atoms with Crippen LogP contribution in [0, 0.1) is 5.82 Å². The number of halogens is 4. The molecule has 0 unspecified atom stereocenters. The van der Waals surface area contributed by atoms with Crippen molar-refractivity contribution in [1.29, 1.82) is 0 Å². The molecule has 0 aromatic heterocycles. The van der Waals surface area contributed by atoms with Crippen LogP contribution in [0.15, 0.2) is 18.2 Å². The maximum Gasteiger partial charge on any atom is 0.534 e. The van der Waals surface area contributed by atoms with Gasteiger partial charge in [-0.3, -0.25) is 0 Å². The van der Waals surface area contributed by atoms with Gasteiger partial charge in [0, 0.05) is 0 Å². The first kappa shape index (κ1) is 18.7. The maximum absolute atomic E-state index is 14.0. The number of aryl methyl sites for hydroxylation is 1. The van der Waals surface area contributed by atoms with Gasteiger partial charge in [-0.2, -0.15) is 21.6 Å². The molecule has 0 aliphatic rings. The quantitative estimate of drug-likeness (QED) is 0.301. The van der Waals surface area contributed by atoms with Crippen LogP contribution in [0.1, 0.15) is 44.6 Å². The summed E-state index contributed by atoms with van der Waals surface area (Å²) < 4.78 is 76.4. The molecule has 0 fully saturated rings. The Labute approximate surface area is 127 Å². The van der Waals surface area contributed by atoms with Gasteiger partial charge in [0.1, 0.15) is 0 Å². The molecule has 0 aliphatic heterocycles. The standard InChI is InChI=1S/C14H18F4O3S/c1-2-3-4-5-6-8-11-9-7-10-12(13(11)15)21-22(19,20)14(16,17)18/h7,9-10H,2-6,8H2,1H3. The van der Waals surface area contributed by atoms with Crippen LogP contribution in [-0.2, 0) is 16.5 Å². The van der Waals surface area contributed by atoms with Crippen LogP contribution in [0.2, 0.25) is 0 Å². The molecule has 1 rings (SSSR count). The summed E-state index contributed by atoms with van der Waals surface area (Å²) in [4.78, 5) is 0. The lowest BCUT2D eigenvalue weighted by atomic mass is 10.0. The largest absolute Gasteiger partial charge is 0.534 e. The first-order valence-corrected chi connectivity index (χ1v) is 8.38. The van der Waals surface area contributed by atoms with Crippen LogP contribution >= 0.6 is 0 Å². The SMILES string of the molecule is CCCCCCCc1cccc(OS(=O)(=O)C(F)(F)F)c1F. The van der Waals surface area contributed by atoms with Crippen molar-refractivity contribution in [2.75, 3.05) is 0 Å². The summed E-state index contributed by atoms with van der Waals surface area (Å²) in [5.74, 6) is -1.99. The van der Waals surface area contributed by atoms with Gasteiger partial charge in [-0.1, -0.05) is 44.7 Å². The zero-order chi connectivity index (χ0) is 16.8. The molecule has 0 atom stereocenters. The van der Waals surface area contributed by atoms with Crippen LogP contribution in [0.5, 0.6) is 5.75 Å². The molecule has 0 saturated carbocycles. The van der Waals surface area contributed by atoms with Crippen molar-refractivity contribution in [2.45, 2.75) is 51.0 Å². The minimum absolute atomic E-state index is 0.145. The number of alkyl halides is 3. The highest BCUT2D eigenvalue weighted by molar-refractivity contribution is 7.88. The van der Waals surface area contributed by atoms with E-state index < -0.39 is 27.2 Å². The molecule has 0 radical (unpaired) electrons. The fourth-order valence-electron chi connectivity index (χ4n) is 1.90. The Hall–Kier alpha value is -1.31. The topological polar surface area (TPSA) is 43.4 Å². The van der Waals surface area contributed by atoms with E-state index in [1.54, 1.807) is 0 Å². The van der Waals surface area contributed by atoms with Gasteiger partial charge >= 0.3 is 15.6 Å². The lowest BCUT2D eigenvalue weighted by molar-refractivity contribution is -0.0500. The van der Waals surface area contributed by atoms with E-state index >= 15 is 0 Å². The molecule has 8 heteroatoms. The Morgan fingerprint density at radius 2 is 1.73 bits per heavy atom. The second-order valence-electron chi connectivity index (χ2n) is 4.88. The fraction of sp³-hybridized carbons (Fsp3) is 0.571. The van der Waals surface area contributed by atoms with Gasteiger partial charge in [-0.15, -0.1) is 0 Å². The van der Waals surface area contributed by atoms with E-state index in [2.05, 4.69) is 11.1 Å². The van der Waals surface area contributed by atoms with Crippen LogP contribution in [0.4, 0.5) is 17.6 Å². The normalized spacial score (nSPS) is 12.4. The van der Waals surface area contributed by atoms with Gasteiger partial charge in [0.2, 0.25) is 0 Å². The molecule has 22 heavy (non-hydrogen) atoms. The van der Waals surface area contributed by atoms with Crippen LogP contribution in [0.3, 0.4) is 0 Å². The average molecular weight is 342 g/mol. The second-order valence-corrected chi connectivity index (χ2v) is 6.41. The number of rotatable bonds is 8. The van der Waals surface area contributed by atoms with Gasteiger partial charge < -0.3 is 4.18 Å². The monoisotopic (exact) mass is 342 g/mol. The van der Waals surface area contributed by atoms with Crippen molar-refractivity contribution >= 4 is 10.1 Å². The molecule has 1 aromatic carbocycles. The predicted octanol–water partition coefficient (Wildman–Crippen LogP) is 4.57. The molecule has 0 aliphatic carbocycles. The lowest BCUT2D eigenvalue weighted by Gasteiger charge is -2.11. The number of unbranched alkanes of at least 4 members (excludes halogenated alkanes) is 4. The molecule has 0 bridgehead atoms. The van der Waals surface area contributed by atoms with Crippen molar-refractivity contribution in [3.05, 3.63) is 29.6 Å². The van der Waals surface area contributed by atoms with Crippen molar-refractivity contribution in [3.63, 3.8) is 0 Å². The summed E-state index contributed by atoms with van der Waals surface area (Å²) in [5, 5.41) is 0. The maximum atomic E-state index is 14.0. The third-order valence-corrected chi connectivity index (χ3v) is 4.04. The van der Waals surface area contributed by atoms with Gasteiger partial charge in [0.25, 0.3) is 0 Å². The van der Waals surface area contributed by atoms with Gasteiger partial charge in [0.05, 0.1) is 0 Å². The summed E-state index contributed by atoms with van der Waals surface area (Å²) in [6.07, 6.45) is 4.99. The Balaban J connectivity index is 2.77. The highest BCUT2D eigenvalue weighted by atomic mass is 32.2. The molecule has 1 aromatic rings. The summed E-state index contributed by atoms with van der Waals surface area (Å²) in [7, 11) is -5.86. The minimum Gasteiger partial charge on any atom is -0.373 e. The molecule has 0 spiro atoms. The molecular formula is C14H18F4O3S. The van der Waals surface area contributed by atoms with Crippen LogP contribution in [0.25, 0.3) is 0 Å². The minimum atomic E-state index is -5.86.